The van der Waals surface area contributed by atoms with Crippen LogP contribution in [0.3, 0.4) is 0 Å². The number of likely N-dealkylation sites (tertiary alicyclic amines) is 1. The van der Waals surface area contributed by atoms with Crippen LogP contribution < -0.4 is 5.73 Å². The number of aliphatic imine (C=N–C) groups is 1. The van der Waals surface area contributed by atoms with E-state index in [1.807, 2.05) is 16.7 Å². The molecule has 0 aromatic heterocycles. The van der Waals surface area contributed by atoms with Crippen molar-refractivity contribution in [3.05, 3.63) is 0 Å². The zero-order chi connectivity index (χ0) is 29.0. The molecule has 9 heteroatoms. The van der Waals surface area contributed by atoms with E-state index in [1.54, 1.807) is 0 Å². The van der Waals surface area contributed by atoms with Gasteiger partial charge >= 0.3 is 5.97 Å². The molecule has 4 unspecified atom stereocenters. The monoisotopic (exact) mass is 559 g/mol. The molecule has 2 aliphatic carbocycles. The summed E-state index contributed by atoms with van der Waals surface area (Å²) in [6.07, 6.45) is 14.7. The van der Waals surface area contributed by atoms with Crippen LogP contribution in [0, 0.1) is 5.92 Å². The van der Waals surface area contributed by atoms with Gasteiger partial charge in [-0.3, -0.25) is 14.5 Å². The van der Waals surface area contributed by atoms with Crippen molar-refractivity contribution in [1.29, 1.82) is 0 Å². The van der Waals surface area contributed by atoms with Crippen molar-refractivity contribution >= 4 is 23.7 Å². The summed E-state index contributed by atoms with van der Waals surface area (Å²) in [5.74, 6) is -0.634. The lowest BCUT2D eigenvalue weighted by Gasteiger charge is -2.45. The molecule has 6 atom stereocenters. The predicted molar refractivity (Wildman–Crippen MR) is 157 cm³/mol. The van der Waals surface area contributed by atoms with E-state index in [9.17, 15) is 19.5 Å². The van der Waals surface area contributed by atoms with Crippen molar-refractivity contribution in [2.45, 2.75) is 166 Å². The fourth-order valence-electron chi connectivity index (χ4n) is 7.83. The van der Waals surface area contributed by atoms with E-state index in [1.165, 1.54) is 11.3 Å². The summed E-state index contributed by atoms with van der Waals surface area (Å²) in [6.45, 7) is 8.18. The van der Waals surface area contributed by atoms with Gasteiger partial charge in [0.1, 0.15) is 18.1 Å². The smallest absolute Gasteiger partial charge is 0.326 e. The fourth-order valence-corrected chi connectivity index (χ4v) is 7.83. The lowest BCUT2D eigenvalue weighted by molar-refractivity contribution is -0.155. The summed E-state index contributed by atoms with van der Waals surface area (Å²) in [5, 5.41) is 10.2. The first kappa shape index (κ1) is 30.8. The van der Waals surface area contributed by atoms with Gasteiger partial charge in [-0.1, -0.05) is 65.2 Å². The molecule has 4 fully saturated rings. The third-order valence-corrected chi connectivity index (χ3v) is 10.0. The topological polar surface area (TPSA) is 120 Å². The van der Waals surface area contributed by atoms with Crippen molar-refractivity contribution in [2.75, 3.05) is 0 Å². The lowest BCUT2D eigenvalue weighted by atomic mass is 9.79. The molecule has 9 nitrogen and oxygen atoms in total. The maximum Gasteiger partial charge on any atom is 0.326 e. The molecule has 0 bridgehead atoms. The summed E-state index contributed by atoms with van der Waals surface area (Å²) in [4.78, 5) is 51.6. The number of carboxylic acid groups (broad SMARTS) is 1. The summed E-state index contributed by atoms with van der Waals surface area (Å²) in [5.41, 5.74) is 5.98. The molecule has 4 aliphatic rings. The van der Waals surface area contributed by atoms with Gasteiger partial charge in [0.05, 0.1) is 11.7 Å². The van der Waals surface area contributed by atoms with Crippen LogP contribution in [0.1, 0.15) is 130 Å². The molecule has 2 amide bonds. The van der Waals surface area contributed by atoms with Crippen LogP contribution in [-0.4, -0.2) is 79.4 Å². The van der Waals surface area contributed by atoms with Gasteiger partial charge in [0, 0.05) is 6.04 Å². The number of carbonyl (C=O) groups is 3. The van der Waals surface area contributed by atoms with Gasteiger partial charge in [0.15, 0.2) is 0 Å². The van der Waals surface area contributed by atoms with E-state index >= 15 is 0 Å². The number of unbranched alkanes of at least 4 members (excludes halogenated alkanes) is 2. The Kier molecular flexibility index (Phi) is 10.2. The van der Waals surface area contributed by atoms with Gasteiger partial charge in [0.2, 0.25) is 11.9 Å². The maximum absolute atomic E-state index is 14.4. The number of carbonyl (C=O) groups excluding carboxylic acids is 2. The van der Waals surface area contributed by atoms with Crippen molar-refractivity contribution in [2.24, 2.45) is 16.6 Å². The number of hydrogen-bond donors (Lipinski definition) is 2. The van der Waals surface area contributed by atoms with Gasteiger partial charge in [-0.05, 0) is 71.1 Å². The molecular formula is C31H53N5O4. The van der Waals surface area contributed by atoms with Gasteiger partial charge in [0.25, 0.3) is 5.91 Å². The molecule has 2 saturated carbocycles. The van der Waals surface area contributed by atoms with E-state index in [-0.39, 0.29) is 29.8 Å². The highest BCUT2D eigenvalue weighted by atomic mass is 16.4. The Morgan fingerprint density at radius 2 is 1.75 bits per heavy atom. The molecule has 2 aliphatic heterocycles. The standard InChI is InChI=1S/C31H53N5O4/c1-5-7-9-15-21(3)33-30-34(25(14-6-2)28(38)35(30)24-17-10-8-11-18-24)22(4)27(37)36-26(29(39)40)20-23-16-12-13-19-31(23,36)32/h21-26H,5-20,32H2,1-4H3,(H,39,40)/t21?,22?,23-,25?,26?,31-/m0/s1. The third-order valence-electron chi connectivity index (χ3n) is 10.0. The van der Waals surface area contributed by atoms with Crippen LogP contribution in [0.5, 0.6) is 0 Å². The number of aliphatic carboxylic acids is 1. The van der Waals surface area contributed by atoms with Crippen LogP contribution in [0.4, 0.5) is 0 Å². The Bertz CT molecular complexity index is 950. The first-order valence-corrected chi connectivity index (χ1v) is 16.2. The predicted octanol–water partition coefficient (Wildman–Crippen LogP) is 4.88. The van der Waals surface area contributed by atoms with Crippen molar-refractivity contribution in [1.82, 2.24) is 14.7 Å². The van der Waals surface area contributed by atoms with Crippen LogP contribution in [0.2, 0.25) is 0 Å². The molecule has 0 radical (unpaired) electrons. The van der Waals surface area contributed by atoms with E-state index in [0.717, 1.165) is 77.0 Å². The van der Waals surface area contributed by atoms with Crippen LogP contribution in [0.15, 0.2) is 4.99 Å². The van der Waals surface area contributed by atoms with E-state index in [0.29, 0.717) is 25.2 Å². The van der Waals surface area contributed by atoms with Crippen molar-refractivity contribution in [3.8, 4) is 0 Å². The zero-order valence-corrected chi connectivity index (χ0v) is 25.3. The Morgan fingerprint density at radius 1 is 1.05 bits per heavy atom. The minimum absolute atomic E-state index is 0.0180. The van der Waals surface area contributed by atoms with E-state index in [2.05, 4.69) is 20.8 Å². The Labute approximate surface area is 240 Å². The third kappa shape index (κ3) is 5.90. The quantitative estimate of drug-likeness (QED) is 0.348. The molecule has 40 heavy (non-hydrogen) atoms. The maximum atomic E-state index is 14.4. The van der Waals surface area contributed by atoms with Gasteiger partial charge < -0.3 is 20.6 Å². The number of nitrogens with two attached hydrogens (primary N) is 1. The molecule has 2 saturated heterocycles. The normalized spacial score (nSPS) is 32.0. The second-order valence-electron chi connectivity index (χ2n) is 12.9. The molecule has 0 aromatic carbocycles. The number of nitrogens with zero attached hydrogens (tertiary/aromatic N) is 4. The van der Waals surface area contributed by atoms with Crippen molar-refractivity contribution < 1.29 is 19.5 Å². The minimum Gasteiger partial charge on any atom is -0.480 e. The number of amides is 2. The zero-order valence-electron chi connectivity index (χ0n) is 25.3. The number of carboxylic acids is 1. The summed E-state index contributed by atoms with van der Waals surface area (Å²) < 4.78 is 0. The van der Waals surface area contributed by atoms with Gasteiger partial charge in [-0.15, -0.1) is 0 Å². The second kappa shape index (κ2) is 13.2. The number of guanidine groups is 1. The summed E-state index contributed by atoms with van der Waals surface area (Å²) >= 11 is 0. The Morgan fingerprint density at radius 3 is 2.40 bits per heavy atom. The SMILES string of the molecule is CCCCCC(C)N=C1N(C2CCCCC2)C(=O)C(CCC)N1C(C)C(=O)N1C(C(=O)O)C[C@@H]2CCCC[C@@]21N. The average molecular weight is 560 g/mol. The molecule has 226 valence electrons. The largest absolute Gasteiger partial charge is 0.480 e. The number of fused-ring (bicyclic) bond motifs is 1. The van der Waals surface area contributed by atoms with Crippen LogP contribution in [-0.2, 0) is 14.4 Å². The average Bonchev–Trinajstić information content (AvgIpc) is 3.39. The first-order chi connectivity index (χ1) is 19.2. The van der Waals surface area contributed by atoms with Crippen molar-refractivity contribution in [3.63, 3.8) is 0 Å². The van der Waals surface area contributed by atoms with Crippen LogP contribution >= 0.6 is 0 Å². The molecular weight excluding hydrogens is 506 g/mol. The first-order valence-electron chi connectivity index (χ1n) is 16.2. The molecule has 4 rings (SSSR count). The number of rotatable bonds is 11. The summed E-state index contributed by atoms with van der Waals surface area (Å²) in [7, 11) is 0. The van der Waals surface area contributed by atoms with Gasteiger partial charge in [-0.2, -0.15) is 0 Å². The molecule has 0 spiro atoms. The Hall–Kier alpha value is -2.16. The van der Waals surface area contributed by atoms with Gasteiger partial charge in [-0.25, -0.2) is 9.79 Å². The highest BCUT2D eigenvalue weighted by Gasteiger charge is 2.58. The number of hydrogen-bond acceptors (Lipinski definition) is 5. The molecule has 3 N–H and O–H groups in total. The second-order valence-corrected chi connectivity index (χ2v) is 12.9. The minimum atomic E-state index is -0.996. The van der Waals surface area contributed by atoms with E-state index in [4.69, 9.17) is 10.7 Å². The lowest BCUT2D eigenvalue weighted by Crippen LogP contribution is -2.65. The van der Waals surface area contributed by atoms with Crippen LogP contribution in [0.25, 0.3) is 0 Å². The van der Waals surface area contributed by atoms with E-state index < -0.39 is 29.8 Å². The molecule has 0 aromatic rings. The molecule has 2 heterocycles. The summed E-state index contributed by atoms with van der Waals surface area (Å²) in [6, 6.07) is -2.04. The highest BCUT2D eigenvalue weighted by Crippen LogP contribution is 2.46. The fraction of sp³-hybridized carbons (Fsp3) is 0.871. The Balaban J connectivity index is 1.72. The highest BCUT2D eigenvalue weighted by molar-refractivity contribution is 6.08.